The van der Waals surface area contributed by atoms with Crippen molar-refractivity contribution in [3.8, 4) is 11.3 Å². The van der Waals surface area contributed by atoms with Gasteiger partial charge in [0.05, 0.1) is 6.54 Å². The van der Waals surface area contributed by atoms with E-state index >= 15 is 0 Å². The SMILES string of the molecule is CN(Cc1ccc(-c2ccc(Cl)cc2)o1)C(=O)COC(=O)c1cccc[n+]1[O-]. The standard InChI is InChI=1S/C20H17ClN2O5/c1-22(19(24)13-27-20(25)17-4-2-3-11-23(17)26)12-16-9-10-18(28-16)14-5-7-15(21)8-6-14/h2-11H,12-13H2,1H3. The number of ether oxygens (including phenoxy) is 1. The van der Waals surface area contributed by atoms with Gasteiger partial charge in [0.15, 0.2) is 12.8 Å². The molecule has 0 aliphatic carbocycles. The third-order valence-electron chi connectivity index (χ3n) is 3.97. The molecule has 0 N–H and O–H groups in total. The Hall–Kier alpha value is -3.32. The number of likely N-dealkylation sites (N-methyl/N-ethyl adjacent to an activating group) is 1. The quantitative estimate of drug-likeness (QED) is 0.360. The molecule has 0 aliphatic heterocycles. The highest BCUT2D eigenvalue weighted by atomic mass is 35.5. The van der Waals surface area contributed by atoms with Gasteiger partial charge in [-0.1, -0.05) is 11.6 Å². The van der Waals surface area contributed by atoms with Gasteiger partial charge >= 0.3 is 11.7 Å². The molecule has 8 heteroatoms. The fourth-order valence-electron chi connectivity index (χ4n) is 2.45. The number of rotatable bonds is 6. The van der Waals surface area contributed by atoms with Gasteiger partial charge in [-0.25, -0.2) is 4.79 Å². The molecule has 0 radical (unpaired) electrons. The highest BCUT2D eigenvalue weighted by molar-refractivity contribution is 6.30. The largest absolute Gasteiger partial charge is 0.618 e. The molecule has 0 atom stereocenters. The van der Waals surface area contributed by atoms with Gasteiger partial charge in [0, 0.05) is 29.8 Å². The molecule has 0 bridgehead atoms. The van der Waals surface area contributed by atoms with Gasteiger partial charge < -0.3 is 19.3 Å². The van der Waals surface area contributed by atoms with Crippen molar-refractivity contribution in [2.24, 2.45) is 0 Å². The highest BCUT2D eigenvalue weighted by Crippen LogP contribution is 2.24. The monoisotopic (exact) mass is 400 g/mol. The number of amides is 1. The summed E-state index contributed by atoms with van der Waals surface area (Å²) in [6.07, 6.45) is 1.18. The normalized spacial score (nSPS) is 10.5. The van der Waals surface area contributed by atoms with Crippen molar-refractivity contribution >= 4 is 23.5 Å². The van der Waals surface area contributed by atoms with Crippen LogP contribution in [0.2, 0.25) is 5.02 Å². The molecular formula is C20H17ClN2O5. The van der Waals surface area contributed by atoms with Gasteiger partial charge in [0.25, 0.3) is 5.91 Å². The second-order valence-corrected chi connectivity index (χ2v) is 6.45. The van der Waals surface area contributed by atoms with E-state index in [0.717, 1.165) is 5.56 Å². The second kappa shape index (κ2) is 8.58. The van der Waals surface area contributed by atoms with Crippen LogP contribution in [-0.2, 0) is 16.1 Å². The van der Waals surface area contributed by atoms with Gasteiger partial charge in [-0.3, -0.25) is 4.79 Å². The van der Waals surface area contributed by atoms with Crippen LogP contribution < -0.4 is 4.73 Å². The zero-order valence-electron chi connectivity index (χ0n) is 15.0. The van der Waals surface area contributed by atoms with E-state index < -0.39 is 18.5 Å². The molecule has 7 nitrogen and oxygen atoms in total. The maximum Gasteiger partial charge on any atom is 0.405 e. The molecule has 2 heterocycles. The Morgan fingerprint density at radius 1 is 1.14 bits per heavy atom. The third-order valence-corrected chi connectivity index (χ3v) is 4.22. The van der Waals surface area contributed by atoms with Crippen LogP contribution in [0.15, 0.2) is 65.2 Å². The van der Waals surface area contributed by atoms with Crippen molar-refractivity contribution in [2.75, 3.05) is 13.7 Å². The van der Waals surface area contributed by atoms with Crippen LogP contribution in [-0.4, -0.2) is 30.4 Å². The molecule has 0 aliphatic rings. The first kappa shape index (κ1) is 19.4. The zero-order valence-corrected chi connectivity index (χ0v) is 15.8. The molecule has 0 spiro atoms. The molecule has 3 aromatic rings. The molecule has 28 heavy (non-hydrogen) atoms. The number of aromatic nitrogens is 1. The van der Waals surface area contributed by atoms with Crippen LogP contribution in [0.1, 0.15) is 16.2 Å². The predicted octanol–water partition coefficient (Wildman–Crippen LogP) is 3.05. The lowest BCUT2D eigenvalue weighted by atomic mass is 10.2. The number of benzene rings is 1. The number of carbonyl (C=O) groups is 2. The van der Waals surface area contributed by atoms with Crippen molar-refractivity contribution in [3.63, 3.8) is 0 Å². The van der Waals surface area contributed by atoms with E-state index in [1.807, 2.05) is 12.1 Å². The van der Waals surface area contributed by atoms with Crippen molar-refractivity contribution in [3.05, 3.63) is 82.5 Å². The fourth-order valence-corrected chi connectivity index (χ4v) is 2.58. The molecule has 144 valence electrons. The van der Waals surface area contributed by atoms with E-state index in [9.17, 15) is 14.8 Å². The summed E-state index contributed by atoms with van der Waals surface area (Å²) in [6.45, 7) is -0.272. The van der Waals surface area contributed by atoms with Gasteiger partial charge in [0.1, 0.15) is 11.5 Å². The van der Waals surface area contributed by atoms with E-state index in [0.29, 0.717) is 21.3 Å². The molecule has 1 amide bonds. The minimum Gasteiger partial charge on any atom is -0.618 e. The van der Waals surface area contributed by atoms with Gasteiger partial charge in [-0.2, -0.15) is 4.73 Å². The molecule has 0 saturated heterocycles. The predicted molar refractivity (Wildman–Crippen MR) is 101 cm³/mol. The summed E-state index contributed by atoms with van der Waals surface area (Å²) in [6, 6.07) is 15.1. The van der Waals surface area contributed by atoms with Crippen LogP contribution in [0.25, 0.3) is 11.3 Å². The van der Waals surface area contributed by atoms with Crippen LogP contribution in [0, 0.1) is 5.21 Å². The summed E-state index contributed by atoms with van der Waals surface area (Å²) >= 11 is 5.88. The van der Waals surface area contributed by atoms with Gasteiger partial charge in [-0.05, 0) is 42.5 Å². The molecule has 0 unspecified atom stereocenters. The summed E-state index contributed by atoms with van der Waals surface area (Å²) in [5.41, 5.74) is 0.684. The Morgan fingerprint density at radius 3 is 2.61 bits per heavy atom. The van der Waals surface area contributed by atoms with Crippen molar-refractivity contribution in [2.45, 2.75) is 6.54 Å². The summed E-state index contributed by atoms with van der Waals surface area (Å²) in [5.74, 6) is -0.0536. The number of furan rings is 1. The first-order valence-corrected chi connectivity index (χ1v) is 8.76. The zero-order chi connectivity index (χ0) is 20.1. The maximum absolute atomic E-state index is 12.2. The maximum atomic E-state index is 12.2. The molecular weight excluding hydrogens is 384 g/mol. The third kappa shape index (κ3) is 4.69. The van der Waals surface area contributed by atoms with Crippen LogP contribution >= 0.6 is 11.6 Å². The van der Waals surface area contributed by atoms with E-state index in [1.54, 1.807) is 31.3 Å². The smallest absolute Gasteiger partial charge is 0.405 e. The van der Waals surface area contributed by atoms with Gasteiger partial charge in [0.2, 0.25) is 0 Å². The van der Waals surface area contributed by atoms with Crippen LogP contribution in [0.4, 0.5) is 0 Å². The average molecular weight is 401 g/mol. The van der Waals surface area contributed by atoms with E-state index in [4.69, 9.17) is 20.8 Å². The molecule has 1 aromatic carbocycles. The lowest BCUT2D eigenvalue weighted by molar-refractivity contribution is -0.608. The number of hydrogen-bond donors (Lipinski definition) is 0. The molecule has 0 fully saturated rings. The topological polar surface area (TPSA) is 86.7 Å². The first-order chi connectivity index (χ1) is 13.4. The summed E-state index contributed by atoms with van der Waals surface area (Å²) in [5, 5.41) is 12.2. The molecule has 0 saturated carbocycles. The van der Waals surface area contributed by atoms with Crippen molar-refractivity contribution < 1.29 is 23.5 Å². The Bertz CT molecular complexity index is 984. The minimum atomic E-state index is -0.861. The number of esters is 1. The lowest BCUT2D eigenvalue weighted by Crippen LogP contribution is -2.36. The van der Waals surface area contributed by atoms with E-state index in [2.05, 4.69) is 0 Å². The van der Waals surface area contributed by atoms with E-state index in [1.165, 1.54) is 29.3 Å². The summed E-state index contributed by atoms with van der Waals surface area (Å²) in [7, 11) is 1.57. The van der Waals surface area contributed by atoms with Crippen molar-refractivity contribution in [1.82, 2.24) is 4.90 Å². The second-order valence-electron chi connectivity index (χ2n) is 6.01. The first-order valence-electron chi connectivity index (χ1n) is 8.38. The highest BCUT2D eigenvalue weighted by Gasteiger charge is 2.20. The van der Waals surface area contributed by atoms with E-state index in [-0.39, 0.29) is 12.2 Å². The Kier molecular flexibility index (Phi) is 5.96. The lowest BCUT2D eigenvalue weighted by Gasteiger charge is -2.15. The Balaban J connectivity index is 1.55. The number of carbonyl (C=O) groups excluding carboxylic acids is 2. The minimum absolute atomic E-state index is 0.184. The van der Waals surface area contributed by atoms with Crippen LogP contribution in [0.3, 0.4) is 0 Å². The summed E-state index contributed by atoms with van der Waals surface area (Å²) < 4.78 is 11.1. The number of nitrogens with zero attached hydrogens (tertiary/aromatic N) is 2. The molecule has 3 rings (SSSR count). The number of halogens is 1. The number of pyridine rings is 1. The van der Waals surface area contributed by atoms with Crippen molar-refractivity contribution in [1.29, 1.82) is 0 Å². The van der Waals surface area contributed by atoms with Gasteiger partial charge in [-0.15, -0.1) is 0 Å². The van der Waals surface area contributed by atoms with Crippen LogP contribution in [0.5, 0.6) is 0 Å². The molecule has 2 aromatic heterocycles. The Morgan fingerprint density at radius 2 is 1.89 bits per heavy atom. The average Bonchev–Trinajstić information content (AvgIpc) is 3.15. The summed E-state index contributed by atoms with van der Waals surface area (Å²) in [4.78, 5) is 25.5. The fraction of sp³-hybridized carbons (Fsp3) is 0.150. The Labute approximate surface area is 166 Å². The number of hydrogen-bond acceptors (Lipinski definition) is 5.